The van der Waals surface area contributed by atoms with Crippen LogP contribution >= 0.6 is 23.6 Å². The van der Waals surface area contributed by atoms with Gasteiger partial charge in [0.25, 0.3) is 0 Å². The molecule has 142 valence electrons. The Hall–Kier alpha value is -2.45. The predicted octanol–water partition coefficient (Wildman–Crippen LogP) is 4.88. The summed E-state index contributed by atoms with van der Waals surface area (Å²) in [6.45, 7) is 3.20. The average Bonchev–Trinajstić information content (AvgIpc) is 3.31. The highest BCUT2D eigenvalue weighted by Crippen LogP contribution is 2.25. The molecule has 1 amide bonds. The maximum absolute atomic E-state index is 12.5. The number of hydrogen-bond acceptors (Lipinski definition) is 5. The third-order valence-electron chi connectivity index (χ3n) is 3.98. The smallest absolute Gasteiger partial charge is 0.226 e. The van der Waals surface area contributed by atoms with Gasteiger partial charge in [-0.2, -0.15) is 5.10 Å². The maximum Gasteiger partial charge on any atom is 0.226 e. The van der Waals surface area contributed by atoms with Gasteiger partial charge in [-0.25, -0.2) is 0 Å². The van der Waals surface area contributed by atoms with Gasteiger partial charge in [-0.15, -0.1) is 11.3 Å². The monoisotopic (exact) mass is 402 g/mol. The van der Waals surface area contributed by atoms with E-state index in [1.807, 2.05) is 46.3 Å². The van der Waals surface area contributed by atoms with Crippen LogP contribution in [0.3, 0.4) is 0 Å². The van der Waals surface area contributed by atoms with Crippen LogP contribution < -0.4 is 10.1 Å². The van der Waals surface area contributed by atoms with Crippen LogP contribution in [0.25, 0.3) is 10.7 Å². The molecule has 0 spiro atoms. The third kappa shape index (κ3) is 5.05. The number of nitrogens with one attached hydrogen (secondary N) is 2. The highest BCUT2D eigenvalue weighted by molar-refractivity contribution is 7.71. The van der Waals surface area contributed by atoms with Crippen LogP contribution in [0.15, 0.2) is 41.8 Å². The Labute approximate surface area is 167 Å². The first-order valence-corrected chi connectivity index (χ1v) is 10.2. The molecule has 0 aliphatic heterocycles. The second-order valence-corrected chi connectivity index (χ2v) is 7.31. The number of aromatic amines is 1. The number of H-pyrrole nitrogens is 1. The van der Waals surface area contributed by atoms with Crippen LogP contribution in [0.5, 0.6) is 5.75 Å². The third-order valence-corrected chi connectivity index (χ3v) is 5.16. The molecule has 27 heavy (non-hydrogen) atoms. The first-order valence-electron chi connectivity index (χ1n) is 8.89. The van der Waals surface area contributed by atoms with Crippen LogP contribution in [0, 0.1) is 4.77 Å². The number of aromatic nitrogens is 3. The quantitative estimate of drug-likeness (QED) is 0.395. The molecule has 0 unspecified atom stereocenters. The number of rotatable bonds is 9. The fourth-order valence-corrected chi connectivity index (χ4v) is 3.51. The average molecular weight is 403 g/mol. The van der Waals surface area contributed by atoms with Gasteiger partial charge in [0.2, 0.25) is 5.91 Å². The lowest BCUT2D eigenvalue weighted by atomic mass is 10.2. The first kappa shape index (κ1) is 19.3. The molecular formula is C19H22N4O2S2. The van der Waals surface area contributed by atoms with Gasteiger partial charge in [0, 0.05) is 13.0 Å². The Morgan fingerprint density at radius 2 is 2.19 bits per heavy atom. The summed E-state index contributed by atoms with van der Waals surface area (Å²) in [5, 5.41) is 12.0. The van der Waals surface area contributed by atoms with Gasteiger partial charge in [0.15, 0.2) is 10.6 Å². The lowest BCUT2D eigenvalue weighted by Crippen LogP contribution is -2.15. The van der Waals surface area contributed by atoms with E-state index in [1.165, 1.54) is 0 Å². The van der Waals surface area contributed by atoms with Crippen molar-refractivity contribution in [2.75, 3.05) is 11.9 Å². The van der Waals surface area contributed by atoms with E-state index in [0.717, 1.165) is 23.5 Å². The summed E-state index contributed by atoms with van der Waals surface area (Å²) in [5.41, 5.74) is 0.688. The molecule has 2 heterocycles. The minimum atomic E-state index is -0.0956. The van der Waals surface area contributed by atoms with E-state index in [4.69, 9.17) is 17.0 Å². The molecule has 6 nitrogen and oxygen atoms in total. The second kappa shape index (κ2) is 9.48. The molecule has 2 aromatic heterocycles. The van der Waals surface area contributed by atoms with Gasteiger partial charge >= 0.3 is 0 Å². The number of carbonyl (C=O) groups excluding carboxylic acids is 1. The van der Waals surface area contributed by atoms with Crippen LogP contribution in [-0.2, 0) is 11.3 Å². The van der Waals surface area contributed by atoms with Crippen LogP contribution in [0.2, 0.25) is 0 Å². The van der Waals surface area contributed by atoms with Crippen molar-refractivity contribution in [1.29, 1.82) is 0 Å². The fraction of sp³-hybridized carbons (Fsp3) is 0.316. The van der Waals surface area contributed by atoms with Gasteiger partial charge in [-0.05, 0) is 42.2 Å². The molecule has 2 N–H and O–H groups in total. The van der Waals surface area contributed by atoms with Crippen LogP contribution in [0.4, 0.5) is 5.69 Å². The van der Waals surface area contributed by atoms with Crippen molar-refractivity contribution in [3.63, 3.8) is 0 Å². The summed E-state index contributed by atoms with van der Waals surface area (Å²) in [7, 11) is 0. The van der Waals surface area contributed by atoms with Gasteiger partial charge in [-0.3, -0.25) is 14.5 Å². The molecule has 0 radical (unpaired) electrons. The molecule has 8 heteroatoms. The lowest BCUT2D eigenvalue weighted by molar-refractivity contribution is -0.116. The number of para-hydroxylation sites is 2. The Kier molecular flexibility index (Phi) is 6.78. The molecule has 0 aliphatic rings. The van der Waals surface area contributed by atoms with Crippen molar-refractivity contribution in [2.45, 2.75) is 32.7 Å². The van der Waals surface area contributed by atoms with E-state index in [1.54, 1.807) is 11.3 Å². The SMILES string of the molecule is CCCCOc1ccccc1NC(=O)CCn1c(-c2cccs2)n[nH]c1=S. The zero-order valence-corrected chi connectivity index (χ0v) is 16.7. The van der Waals surface area contributed by atoms with Gasteiger partial charge in [0.05, 0.1) is 17.2 Å². The number of unbranched alkanes of at least 4 members (excludes halogenated alkanes) is 1. The fourth-order valence-electron chi connectivity index (χ4n) is 2.57. The van der Waals surface area contributed by atoms with Crippen molar-refractivity contribution in [3.8, 4) is 16.5 Å². The van der Waals surface area contributed by atoms with E-state index in [-0.39, 0.29) is 12.3 Å². The number of anilines is 1. The highest BCUT2D eigenvalue weighted by atomic mass is 32.1. The largest absolute Gasteiger partial charge is 0.491 e. The van der Waals surface area contributed by atoms with Crippen LogP contribution in [0.1, 0.15) is 26.2 Å². The molecular weight excluding hydrogens is 380 g/mol. The van der Waals surface area contributed by atoms with Gasteiger partial charge in [0.1, 0.15) is 5.75 Å². The number of hydrogen-bond donors (Lipinski definition) is 2. The number of nitrogens with zero attached hydrogens (tertiary/aromatic N) is 2. The Morgan fingerprint density at radius 1 is 1.33 bits per heavy atom. The molecule has 3 rings (SSSR count). The molecule has 1 aromatic carbocycles. The molecule has 0 fully saturated rings. The molecule has 0 atom stereocenters. The van der Waals surface area contributed by atoms with Crippen molar-refractivity contribution in [3.05, 3.63) is 46.5 Å². The molecule has 0 saturated carbocycles. The number of amides is 1. The van der Waals surface area contributed by atoms with Crippen molar-refractivity contribution in [1.82, 2.24) is 14.8 Å². The minimum absolute atomic E-state index is 0.0956. The second-order valence-electron chi connectivity index (χ2n) is 5.98. The first-order chi connectivity index (χ1) is 13.2. The topological polar surface area (TPSA) is 71.9 Å². The Bertz CT molecular complexity index is 931. The molecule has 0 saturated heterocycles. The van der Waals surface area contributed by atoms with E-state index >= 15 is 0 Å². The zero-order valence-electron chi connectivity index (χ0n) is 15.1. The summed E-state index contributed by atoms with van der Waals surface area (Å²) in [6.07, 6.45) is 2.33. The van der Waals surface area contributed by atoms with E-state index < -0.39 is 0 Å². The van der Waals surface area contributed by atoms with Crippen LogP contribution in [-0.4, -0.2) is 27.3 Å². The number of carbonyl (C=O) groups is 1. The number of benzene rings is 1. The lowest BCUT2D eigenvalue weighted by Gasteiger charge is -2.12. The Balaban J connectivity index is 1.63. The van der Waals surface area contributed by atoms with Gasteiger partial charge in [-0.1, -0.05) is 31.5 Å². The minimum Gasteiger partial charge on any atom is -0.491 e. The van der Waals surface area contributed by atoms with Crippen molar-refractivity contribution < 1.29 is 9.53 Å². The number of ether oxygens (including phenoxy) is 1. The summed E-state index contributed by atoms with van der Waals surface area (Å²) >= 11 is 6.89. The maximum atomic E-state index is 12.5. The summed E-state index contributed by atoms with van der Waals surface area (Å²) < 4.78 is 8.13. The van der Waals surface area contributed by atoms with Crippen molar-refractivity contribution in [2.24, 2.45) is 0 Å². The molecule has 3 aromatic rings. The standard InChI is InChI=1S/C19H22N4O2S2/c1-2-3-12-25-15-8-5-4-7-14(15)20-17(24)10-11-23-18(21-22-19(23)26)16-9-6-13-27-16/h4-9,13H,2-3,10-12H2,1H3,(H,20,24)(H,22,26). The molecule has 0 aliphatic carbocycles. The summed E-state index contributed by atoms with van der Waals surface area (Å²) in [6, 6.07) is 11.4. The van der Waals surface area contributed by atoms with Crippen molar-refractivity contribution >= 4 is 35.1 Å². The van der Waals surface area contributed by atoms with E-state index in [9.17, 15) is 4.79 Å². The summed E-state index contributed by atoms with van der Waals surface area (Å²) in [5.74, 6) is 1.35. The molecule has 0 bridgehead atoms. The number of thiophene rings is 1. The van der Waals surface area contributed by atoms with E-state index in [2.05, 4.69) is 22.4 Å². The highest BCUT2D eigenvalue weighted by Gasteiger charge is 2.12. The van der Waals surface area contributed by atoms with E-state index in [0.29, 0.717) is 29.4 Å². The van der Waals surface area contributed by atoms with Gasteiger partial charge < -0.3 is 10.1 Å². The zero-order chi connectivity index (χ0) is 19.1. The normalized spacial score (nSPS) is 10.7. The Morgan fingerprint density at radius 3 is 2.96 bits per heavy atom. The predicted molar refractivity (Wildman–Crippen MR) is 111 cm³/mol. The summed E-state index contributed by atoms with van der Waals surface area (Å²) in [4.78, 5) is 13.5.